The number of nitrogens with zero attached hydrogens (tertiary/aromatic N) is 1. The zero-order valence-electron chi connectivity index (χ0n) is 14.1. The topological polar surface area (TPSA) is 136 Å². The number of para-hydroxylation sites is 1. The standard InChI is InChI=1S/C8H10AsNO5.C8H9NO2/c1-6(11)10-8-4-2-3-7(5-8)9(12,13)15-14;1-9(8(10)11)7-5-3-2-4-6-7/h2-5,14H,1H3,(H,10,11)(H,12,13);2-6H,1H3,(H,10,11). The minimum absolute atomic E-state index is 0.0399. The van der Waals surface area contributed by atoms with Crippen LogP contribution < -0.4 is 14.6 Å². The van der Waals surface area contributed by atoms with Gasteiger partial charge in [-0.1, -0.05) is 18.2 Å². The van der Waals surface area contributed by atoms with Crippen molar-refractivity contribution in [3.63, 3.8) is 0 Å². The number of rotatable bonds is 4. The molecule has 2 rings (SSSR count). The molecule has 26 heavy (non-hydrogen) atoms. The summed E-state index contributed by atoms with van der Waals surface area (Å²) in [6.07, 6.45) is -0.948. The number of carbonyl (C=O) groups excluding carboxylic acids is 1. The summed E-state index contributed by atoms with van der Waals surface area (Å²) in [6.45, 7) is 1.32. The van der Waals surface area contributed by atoms with E-state index in [9.17, 15) is 17.4 Å². The summed E-state index contributed by atoms with van der Waals surface area (Å²) in [5.74, 6) is -0.294. The maximum atomic E-state index is 11.3. The van der Waals surface area contributed by atoms with Gasteiger partial charge in [0.2, 0.25) is 0 Å². The van der Waals surface area contributed by atoms with Crippen molar-refractivity contribution in [3.05, 3.63) is 54.6 Å². The average molecular weight is 426 g/mol. The van der Waals surface area contributed by atoms with E-state index in [0.717, 1.165) is 0 Å². The van der Waals surface area contributed by atoms with Crippen LogP contribution in [0.1, 0.15) is 6.92 Å². The molecular formula is C16H19AsN2O7. The van der Waals surface area contributed by atoms with Crippen LogP contribution >= 0.6 is 0 Å². The second-order valence-electron chi connectivity index (χ2n) is 5.01. The molecule has 4 N–H and O–H groups in total. The largest absolute Gasteiger partial charge is 0.465 e. The fourth-order valence-corrected chi connectivity index (χ4v) is 3.18. The van der Waals surface area contributed by atoms with Gasteiger partial charge in [-0.15, -0.1) is 0 Å². The second kappa shape index (κ2) is 9.79. The summed E-state index contributed by atoms with van der Waals surface area (Å²) in [7, 11) is 1.51. The Morgan fingerprint density at radius 2 is 1.73 bits per heavy atom. The first-order valence-corrected chi connectivity index (χ1v) is 10.5. The molecule has 0 radical (unpaired) electrons. The average Bonchev–Trinajstić information content (AvgIpc) is 2.62. The molecule has 0 spiro atoms. The molecule has 0 heterocycles. The van der Waals surface area contributed by atoms with Crippen LogP contribution in [0.5, 0.6) is 0 Å². The minimum atomic E-state index is -4.83. The Balaban J connectivity index is 0.000000273. The maximum Gasteiger partial charge on any atom is 0.411 e. The Kier molecular flexibility index (Phi) is 8.08. The Bertz CT molecular complexity index is 798. The summed E-state index contributed by atoms with van der Waals surface area (Å²) < 4.78 is 23.9. The summed E-state index contributed by atoms with van der Waals surface area (Å²) >= 11 is -4.83. The summed E-state index contributed by atoms with van der Waals surface area (Å²) in [5.41, 5.74) is 1.05. The van der Waals surface area contributed by atoms with Crippen molar-refractivity contribution in [3.8, 4) is 0 Å². The summed E-state index contributed by atoms with van der Waals surface area (Å²) in [6, 6.07) is 14.6. The number of nitrogens with one attached hydrogen (secondary N) is 1. The molecule has 0 bridgehead atoms. The van der Waals surface area contributed by atoms with Crippen molar-refractivity contribution in [1.29, 1.82) is 0 Å². The van der Waals surface area contributed by atoms with Crippen LogP contribution in [-0.4, -0.2) is 47.7 Å². The van der Waals surface area contributed by atoms with Crippen LogP contribution in [0.15, 0.2) is 54.6 Å². The predicted molar refractivity (Wildman–Crippen MR) is 95.6 cm³/mol. The molecule has 140 valence electrons. The number of benzene rings is 2. The Labute approximate surface area is 152 Å². The van der Waals surface area contributed by atoms with E-state index in [1.807, 2.05) is 6.07 Å². The van der Waals surface area contributed by atoms with E-state index in [1.54, 1.807) is 30.3 Å². The molecule has 2 amide bonds. The van der Waals surface area contributed by atoms with Gasteiger partial charge in [-0.25, -0.2) is 4.79 Å². The quantitative estimate of drug-likeness (QED) is 0.331. The van der Waals surface area contributed by atoms with E-state index in [-0.39, 0.29) is 10.3 Å². The Morgan fingerprint density at radius 3 is 2.23 bits per heavy atom. The van der Waals surface area contributed by atoms with Crippen molar-refractivity contribution in [2.75, 3.05) is 17.3 Å². The first-order valence-electron chi connectivity index (χ1n) is 7.23. The van der Waals surface area contributed by atoms with Gasteiger partial charge in [0.25, 0.3) is 0 Å². The van der Waals surface area contributed by atoms with E-state index in [4.69, 9.17) is 10.4 Å². The van der Waals surface area contributed by atoms with E-state index >= 15 is 0 Å². The molecule has 0 aromatic heterocycles. The fraction of sp³-hybridized carbons (Fsp3) is 0.125. The molecule has 1 atom stereocenters. The van der Waals surface area contributed by atoms with Crippen LogP contribution in [0, 0.1) is 0 Å². The molecule has 0 aliphatic heterocycles. The van der Waals surface area contributed by atoms with Gasteiger partial charge in [0.05, 0.1) is 0 Å². The third-order valence-electron chi connectivity index (χ3n) is 3.03. The zero-order valence-corrected chi connectivity index (χ0v) is 15.9. The molecule has 0 fully saturated rings. The molecule has 10 heteroatoms. The number of carbonyl (C=O) groups is 2. The van der Waals surface area contributed by atoms with Crippen LogP contribution in [-0.2, 0) is 12.4 Å². The third-order valence-corrected chi connectivity index (χ3v) is 5.45. The molecular weight excluding hydrogens is 407 g/mol. The van der Waals surface area contributed by atoms with E-state index in [2.05, 4.69) is 9.19 Å². The van der Waals surface area contributed by atoms with Crippen molar-refractivity contribution in [2.45, 2.75) is 6.92 Å². The molecule has 0 saturated carbocycles. The van der Waals surface area contributed by atoms with Crippen LogP contribution in [0.4, 0.5) is 16.2 Å². The van der Waals surface area contributed by atoms with Crippen molar-refractivity contribution in [2.24, 2.45) is 0 Å². The van der Waals surface area contributed by atoms with Crippen molar-refractivity contribution < 1.29 is 31.7 Å². The normalized spacial score (nSPS) is 12.2. The first kappa shape index (κ1) is 21.5. The smallest absolute Gasteiger partial charge is 0.411 e. The number of amides is 2. The Morgan fingerprint density at radius 1 is 1.12 bits per heavy atom. The van der Waals surface area contributed by atoms with Gasteiger partial charge in [0, 0.05) is 12.7 Å². The fourth-order valence-electron chi connectivity index (χ4n) is 1.77. The van der Waals surface area contributed by atoms with Gasteiger partial charge >= 0.3 is 94.5 Å². The predicted octanol–water partition coefficient (Wildman–Crippen LogP) is 1.50. The van der Waals surface area contributed by atoms with Gasteiger partial charge in [-0.3, -0.25) is 4.90 Å². The number of hydrogen-bond donors (Lipinski definition) is 4. The van der Waals surface area contributed by atoms with Gasteiger partial charge < -0.3 is 5.11 Å². The van der Waals surface area contributed by atoms with E-state index in [0.29, 0.717) is 11.4 Å². The summed E-state index contributed by atoms with van der Waals surface area (Å²) in [5, 5.41) is 19.3. The van der Waals surface area contributed by atoms with Gasteiger partial charge in [0.15, 0.2) is 0 Å². The van der Waals surface area contributed by atoms with E-state index in [1.165, 1.54) is 37.1 Å². The second-order valence-corrected chi connectivity index (χ2v) is 8.62. The van der Waals surface area contributed by atoms with Gasteiger partial charge in [-0.05, 0) is 12.1 Å². The molecule has 2 aromatic rings. The van der Waals surface area contributed by atoms with Crippen LogP contribution in [0.3, 0.4) is 0 Å². The zero-order chi connectivity index (χ0) is 19.7. The van der Waals surface area contributed by atoms with Crippen LogP contribution in [0.2, 0.25) is 0 Å². The number of carboxylic acid groups (broad SMARTS) is 1. The van der Waals surface area contributed by atoms with Crippen molar-refractivity contribution in [1.82, 2.24) is 0 Å². The Hall–Kier alpha value is -2.58. The third kappa shape index (κ3) is 6.73. The monoisotopic (exact) mass is 426 g/mol. The van der Waals surface area contributed by atoms with Crippen LogP contribution in [0.25, 0.3) is 0 Å². The molecule has 0 aliphatic carbocycles. The SMILES string of the molecule is CC(=O)Nc1cccc([As](=O)(O)OO)c1.CN(C(=O)O)c1ccccc1. The van der Waals surface area contributed by atoms with Gasteiger partial charge in [0.1, 0.15) is 0 Å². The number of hydrogen-bond acceptors (Lipinski definition) is 5. The molecule has 1 unspecified atom stereocenters. The molecule has 0 saturated heterocycles. The maximum absolute atomic E-state index is 11.3. The van der Waals surface area contributed by atoms with E-state index < -0.39 is 20.3 Å². The molecule has 9 nitrogen and oxygen atoms in total. The van der Waals surface area contributed by atoms with Gasteiger partial charge in [-0.2, -0.15) is 0 Å². The van der Waals surface area contributed by atoms with Crippen molar-refractivity contribution >= 4 is 41.9 Å². The molecule has 0 aliphatic rings. The number of anilines is 2. The molecule has 2 aromatic carbocycles. The summed E-state index contributed by atoms with van der Waals surface area (Å²) in [4.78, 5) is 22.3. The minimum Gasteiger partial charge on any atom is -0.465 e. The first-order chi connectivity index (χ1) is 12.2.